The van der Waals surface area contributed by atoms with Crippen molar-refractivity contribution in [1.82, 2.24) is 0 Å². The summed E-state index contributed by atoms with van der Waals surface area (Å²) >= 11 is 3.18. The lowest BCUT2D eigenvalue weighted by Gasteiger charge is -2.17. The highest BCUT2D eigenvalue weighted by Crippen LogP contribution is 2.45. The molecule has 0 aliphatic rings. The van der Waals surface area contributed by atoms with Gasteiger partial charge in [0.15, 0.2) is 11.5 Å². The first-order chi connectivity index (χ1) is 13.3. The predicted octanol–water partition coefficient (Wildman–Crippen LogP) is 4.57. The van der Waals surface area contributed by atoms with Gasteiger partial charge in [0.1, 0.15) is 0 Å². The number of hydrogen-bond acceptors (Lipinski definition) is 8. The largest absolute Gasteiger partial charge is 0.423 e. The molecule has 2 aromatic rings. The summed E-state index contributed by atoms with van der Waals surface area (Å²) in [6, 6.07) is 9.02. The lowest BCUT2D eigenvalue weighted by molar-refractivity contribution is -0.135. The van der Waals surface area contributed by atoms with Crippen molar-refractivity contribution >= 4 is 41.4 Å². The Kier molecular flexibility index (Phi) is 7.53. The van der Waals surface area contributed by atoms with Crippen LogP contribution in [0.15, 0.2) is 40.1 Å². The van der Waals surface area contributed by atoms with Gasteiger partial charge in [-0.1, -0.05) is 12.1 Å². The van der Waals surface area contributed by atoms with E-state index in [1.54, 1.807) is 35.7 Å². The second-order valence-electron chi connectivity index (χ2n) is 5.62. The second kappa shape index (κ2) is 9.66. The number of esters is 3. The molecule has 0 aromatic heterocycles. The van der Waals surface area contributed by atoms with E-state index in [1.165, 1.54) is 20.8 Å². The molecule has 0 N–H and O–H groups in total. The molecule has 6 nitrogen and oxygen atoms in total. The number of carbonyl (C=O) groups excluding carboxylic acids is 3. The molecule has 0 fully saturated rings. The molecule has 0 saturated carbocycles. The van der Waals surface area contributed by atoms with Crippen LogP contribution in [0.1, 0.15) is 20.8 Å². The van der Waals surface area contributed by atoms with Gasteiger partial charge >= 0.3 is 17.9 Å². The van der Waals surface area contributed by atoms with Crippen LogP contribution in [0.2, 0.25) is 0 Å². The minimum atomic E-state index is -0.635. The van der Waals surface area contributed by atoms with Crippen molar-refractivity contribution in [2.24, 2.45) is 0 Å². The van der Waals surface area contributed by atoms with Crippen molar-refractivity contribution in [3.05, 3.63) is 30.3 Å². The molecule has 0 amide bonds. The third kappa shape index (κ3) is 5.30. The molecule has 0 aliphatic carbocycles. The molecule has 0 unspecified atom stereocenters. The van der Waals surface area contributed by atoms with E-state index in [4.69, 9.17) is 14.2 Å². The molecule has 0 heterocycles. The van der Waals surface area contributed by atoms with Gasteiger partial charge in [0.25, 0.3) is 0 Å². The molecule has 2 rings (SSSR count). The van der Waals surface area contributed by atoms with Gasteiger partial charge in [0, 0.05) is 30.6 Å². The fraction of sp³-hybridized carbons (Fsp3) is 0.250. The minimum absolute atomic E-state index is 0.00180. The van der Waals surface area contributed by atoms with Crippen LogP contribution in [-0.2, 0) is 14.4 Å². The van der Waals surface area contributed by atoms with E-state index in [9.17, 15) is 14.4 Å². The third-order valence-corrected chi connectivity index (χ3v) is 5.25. The van der Waals surface area contributed by atoms with Crippen LogP contribution in [0.3, 0.4) is 0 Å². The second-order valence-corrected chi connectivity index (χ2v) is 7.29. The van der Waals surface area contributed by atoms with Crippen LogP contribution in [0.25, 0.3) is 11.1 Å². The lowest BCUT2D eigenvalue weighted by Crippen LogP contribution is -2.11. The van der Waals surface area contributed by atoms with E-state index in [2.05, 4.69) is 0 Å². The first kappa shape index (κ1) is 21.8. The Morgan fingerprint density at radius 2 is 1.32 bits per heavy atom. The number of rotatable bonds is 6. The summed E-state index contributed by atoms with van der Waals surface area (Å²) in [5.74, 6) is -1.95. The third-order valence-electron chi connectivity index (χ3n) is 3.49. The summed E-state index contributed by atoms with van der Waals surface area (Å²) in [5.41, 5.74) is 1.53. The average Bonchev–Trinajstić information content (AvgIpc) is 2.62. The smallest absolute Gasteiger partial charge is 0.308 e. The van der Waals surface area contributed by atoms with E-state index in [0.717, 1.165) is 15.4 Å². The van der Waals surface area contributed by atoms with Crippen molar-refractivity contribution in [1.29, 1.82) is 0 Å². The Balaban J connectivity index is 2.77. The van der Waals surface area contributed by atoms with E-state index < -0.39 is 17.9 Å². The Bertz CT molecular complexity index is 886. The van der Waals surface area contributed by atoms with Crippen LogP contribution >= 0.6 is 23.5 Å². The zero-order valence-electron chi connectivity index (χ0n) is 16.2. The van der Waals surface area contributed by atoms with Crippen LogP contribution in [0.4, 0.5) is 0 Å². The molecule has 0 aliphatic heterocycles. The van der Waals surface area contributed by atoms with Crippen LogP contribution in [0, 0.1) is 0 Å². The number of benzene rings is 2. The highest BCUT2D eigenvalue weighted by Gasteiger charge is 2.22. The maximum absolute atomic E-state index is 11.6. The predicted molar refractivity (Wildman–Crippen MR) is 109 cm³/mol. The van der Waals surface area contributed by atoms with Crippen molar-refractivity contribution in [2.75, 3.05) is 12.5 Å². The first-order valence-electron chi connectivity index (χ1n) is 8.21. The van der Waals surface area contributed by atoms with Gasteiger partial charge in [-0.15, -0.1) is 23.5 Å². The summed E-state index contributed by atoms with van der Waals surface area (Å²) in [5, 5.41) is 0. The molecule has 2 aromatic carbocycles. The zero-order chi connectivity index (χ0) is 20.8. The highest BCUT2D eigenvalue weighted by molar-refractivity contribution is 8.01. The number of carbonyl (C=O) groups is 3. The van der Waals surface area contributed by atoms with Gasteiger partial charge in [-0.05, 0) is 41.8 Å². The lowest BCUT2D eigenvalue weighted by atomic mass is 10.0. The van der Waals surface area contributed by atoms with Crippen LogP contribution in [0.5, 0.6) is 17.2 Å². The summed E-state index contributed by atoms with van der Waals surface area (Å²) < 4.78 is 15.7. The SMILES string of the molecule is CSc1cccc(-c2cc(OC(C)=O)c(OC(C)=O)c(OC(C)=O)c2)c1SC. The Morgan fingerprint density at radius 1 is 0.786 bits per heavy atom. The maximum Gasteiger partial charge on any atom is 0.308 e. The number of hydrogen-bond donors (Lipinski definition) is 0. The van der Waals surface area contributed by atoms with Gasteiger partial charge < -0.3 is 14.2 Å². The minimum Gasteiger partial charge on any atom is -0.423 e. The van der Waals surface area contributed by atoms with Crippen LogP contribution in [-0.4, -0.2) is 30.4 Å². The van der Waals surface area contributed by atoms with Crippen molar-refractivity contribution in [2.45, 2.75) is 30.6 Å². The van der Waals surface area contributed by atoms with Gasteiger partial charge in [0.2, 0.25) is 5.75 Å². The van der Waals surface area contributed by atoms with Crippen molar-refractivity contribution in [3.63, 3.8) is 0 Å². The Hall–Kier alpha value is -2.45. The average molecular weight is 421 g/mol. The molecule has 8 heteroatoms. The van der Waals surface area contributed by atoms with E-state index >= 15 is 0 Å². The Morgan fingerprint density at radius 3 is 1.75 bits per heavy atom. The highest BCUT2D eigenvalue weighted by atomic mass is 32.2. The van der Waals surface area contributed by atoms with E-state index in [-0.39, 0.29) is 17.2 Å². The molecular weight excluding hydrogens is 400 g/mol. The molecule has 148 valence electrons. The fourth-order valence-electron chi connectivity index (χ4n) is 2.55. The van der Waals surface area contributed by atoms with Gasteiger partial charge in [-0.3, -0.25) is 14.4 Å². The summed E-state index contributed by atoms with van der Waals surface area (Å²) in [4.78, 5) is 36.8. The summed E-state index contributed by atoms with van der Waals surface area (Å²) in [7, 11) is 0. The van der Waals surface area contributed by atoms with Crippen molar-refractivity contribution < 1.29 is 28.6 Å². The summed E-state index contributed by atoms with van der Waals surface area (Å²) in [6.45, 7) is 3.67. The monoisotopic (exact) mass is 420 g/mol. The quantitative estimate of drug-likeness (QED) is 0.382. The van der Waals surface area contributed by atoms with E-state index in [0.29, 0.717) is 5.56 Å². The first-order valence-corrected chi connectivity index (χ1v) is 10.7. The molecular formula is C20H20O6S2. The maximum atomic E-state index is 11.6. The summed E-state index contributed by atoms with van der Waals surface area (Å²) in [6.07, 6.45) is 3.95. The molecule has 0 saturated heterocycles. The van der Waals surface area contributed by atoms with Gasteiger partial charge in [-0.2, -0.15) is 0 Å². The molecule has 0 atom stereocenters. The number of thioether (sulfide) groups is 2. The van der Waals surface area contributed by atoms with Gasteiger partial charge in [-0.25, -0.2) is 0 Å². The molecule has 0 bridgehead atoms. The molecule has 0 spiro atoms. The van der Waals surface area contributed by atoms with E-state index in [1.807, 2.05) is 30.7 Å². The zero-order valence-corrected chi connectivity index (χ0v) is 17.8. The standard InChI is InChI=1S/C20H20O6S2/c1-11(21)24-16-9-14(15-7-6-8-18(27-4)20(15)28-5)10-17(25-12(2)22)19(16)26-13(3)23/h6-10H,1-5H3. The molecule has 28 heavy (non-hydrogen) atoms. The van der Waals surface area contributed by atoms with Crippen LogP contribution < -0.4 is 14.2 Å². The molecule has 0 radical (unpaired) electrons. The number of ether oxygens (including phenoxy) is 3. The van der Waals surface area contributed by atoms with Crippen molar-refractivity contribution in [3.8, 4) is 28.4 Å². The normalized spacial score (nSPS) is 10.3. The Labute approximate surface area is 171 Å². The topological polar surface area (TPSA) is 78.9 Å². The van der Waals surface area contributed by atoms with Gasteiger partial charge in [0.05, 0.1) is 0 Å². The fourth-order valence-corrected chi connectivity index (χ4v) is 4.24.